The van der Waals surface area contributed by atoms with Crippen molar-refractivity contribution in [3.63, 3.8) is 0 Å². The molecule has 9 N–H and O–H groups in total. The molecule has 1 saturated carbocycles. The van der Waals surface area contributed by atoms with E-state index in [9.17, 15) is 49.2 Å². The highest BCUT2D eigenvalue weighted by Crippen LogP contribution is 2.34. The summed E-state index contributed by atoms with van der Waals surface area (Å²) in [6.07, 6.45) is -7.40. The summed E-state index contributed by atoms with van der Waals surface area (Å²) in [5.74, 6) is -0.582. The third-order valence-corrected chi connectivity index (χ3v) is 13.4. The van der Waals surface area contributed by atoms with Crippen LogP contribution < -0.4 is 26.6 Å². The van der Waals surface area contributed by atoms with Gasteiger partial charge in [0.05, 0.1) is 30.3 Å². The maximum Gasteiger partial charge on any atom is 0.408 e. The summed E-state index contributed by atoms with van der Waals surface area (Å²) in [6, 6.07) is -5.55. The molecule has 25 nitrogen and oxygen atoms in total. The van der Waals surface area contributed by atoms with Crippen LogP contribution in [0.15, 0.2) is 0 Å². The van der Waals surface area contributed by atoms with Gasteiger partial charge in [0.15, 0.2) is 12.6 Å². The van der Waals surface area contributed by atoms with Gasteiger partial charge in [0.1, 0.15) is 77.3 Å². The molecule has 14 unspecified atom stereocenters. The van der Waals surface area contributed by atoms with E-state index in [0.717, 1.165) is 25.7 Å². The van der Waals surface area contributed by atoms with Crippen LogP contribution in [0.25, 0.3) is 0 Å². The first-order valence-corrected chi connectivity index (χ1v) is 30.3. The molecular formula is C59H107N5O20. The lowest BCUT2D eigenvalue weighted by Gasteiger charge is -2.49. The van der Waals surface area contributed by atoms with Crippen molar-refractivity contribution in [3.05, 3.63) is 0 Å². The second-order valence-corrected chi connectivity index (χ2v) is 27.3. The summed E-state index contributed by atoms with van der Waals surface area (Å²) in [4.78, 5) is 80.1. The second kappa shape index (κ2) is 33.6. The molecule has 488 valence electrons. The molecule has 5 amide bonds. The minimum atomic E-state index is -1.99. The smallest absolute Gasteiger partial charge is 0.408 e. The Kier molecular flexibility index (Phi) is 29.5. The number of unbranched alkanes of at least 4 members (excludes halogenated alkanes) is 12. The van der Waals surface area contributed by atoms with Gasteiger partial charge in [-0.05, 0) is 117 Å². The molecule has 0 aromatic rings. The molecule has 0 radical (unpaired) electrons. The van der Waals surface area contributed by atoms with E-state index in [1.54, 1.807) is 104 Å². The number of aliphatic hydroxyl groups is 4. The van der Waals surface area contributed by atoms with Crippen LogP contribution in [0.2, 0.25) is 0 Å². The predicted octanol–water partition coefficient (Wildman–Crippen LogP) is 7.57. The molecule has 2 aliphatic heterocycles. The van der Waals surface area contributed by atoms with Gasteiger partial charge in [0.2, 0.25) is 0 Å². The lowest BCUT2D eigenvalue weighted by Crippen LogP contribution is -2.70. The zero-order valence-electron chi connectivity index (χ0n) is 53.1. The third-order valence-electron chi connectivity index (χ3n) is 13.4. The van der Waals surface area contributed by atoms with E-state index in [-0.39, 0.29) is 25.8 Å². The van der Waals surface area contributed by atoms with Crippen LogP contribution in [0.4, 0.5) is 24.0 Å². The Morgan fingerprint density at radius 3 is 1.26 bits per heavy atom. The third kappa shape index (κ3) is 28.8. The first kappa shape index (κ1) is 73.8. The molecule has 3 aliphatic rings. The maximum absolute atomic E-state index is 13.7. The molecule has 0 aromatic carbocycles. The molecule has 14 atom stereocenters. The molecule has 0 bridgehead atoms. The number of amides is 5. The maximum atomic E-state index is 13.7. The van der Waals surface area contributed by atoms with Crippen LogP contribution in [-0.4, -0.2) is 184 Å². The number of hydrogen-bond donors (Lipinski definition) is 9. The van der Waals surface area contributed by atoms with Crippen molar-refractivity contribution < 1.29 is 96.6 Å². The lowest BCUT2D eigenvalue weighted by atomic mass is 9.83. The van der Waals surface area contributed by atoms with Crippen molar-refractivity contribution in [3.8, 4) is 0 Å². The Labute approximate surface area is 498 Å². The van der Waals surface area contributed by atoms with E-state index < -0.39 is 157 Å². The fraction of sp³-hybridized carbons (Fsp3) is 0.898. The van der Waals surface area contributed by atoms with Crippen LogP contribution in [-0.2, 0) is 52.2 Å². The average molecular weight is 1210 g/mol. The first-order chi connectivity index (χ1) is 38.8. The molecule has 3 rings (SSSR count). The summed E-state index contributed by atoms with van der Waals surface area (Å²) in [5.41, 5.74) is -4.96. The monoisotopic (exact) mass is 1210 g/mol. The van der Waals surface area contributed by atoms with Gasteiger partial charge in [-0.1, -0.05) is 84.0 Å². The molecule has 0 aromatic heterocycles. The number of carbonyl (C=O) groups excluding carboxylic acids is 6. The molecular weight excluding hydrogens is 1100 g/mol. The first-order valence-electron chi connectivity index (χ1n) is 30.3. The van der Waals surface area contributed by atoms with Gasteiger partial charge < -0.3 is 94.4 Å². The quantitative estimate of drug-likeness (QED) is 0.0229. The number of carbonyl (C=O) groups is 6. The Hall–Kier alpha value is -4.50. The zero-order chi connectivity index (χ0) is 63.4. The van der Waals surface area contributed by atoms with E-state index in [2.05, 4.69) is 33.5 Å². The summed E-state index contributed by atoms with van der Waals surface area (Å²) in [7, 11) is 0. The molecule has 0 spiro atoms. The van der Waals surface area contributed by atoms with Crippen molar-refractivity contribution in [1.29, 1.82) is 0 Å². The van der Waals surface area contributed by atoms with Gasteiger partial charge in [0.25, 0.3) is 0 Å². The molecule has 25 heteroatoms. The average Bonchev–Trinajstić information content (AvgIpc) is 2.59. The fourth-order valence-corrected chi connectivity index (χ4v) is 9.68. The van der Waals surface area contributed by atoms with E-state index in [0.29, 0.717) is 6.42 Å². The Bertz CT molecular complexity index is 2030. The van der Waals surface area contributed by atoms with Crippen molar-refractivity contribution in [2.75, 3.05) is 13.2 Å². The highest BCUT2D eigenvalue weighted by molar-refractivity contribution is 5.71. The second-order valence-electron chi connectivity index (χ2n) is 27.3. The van der Waals surface area contributed by atoms with Crippen molar-refractivity contribution in [2.45, 2.75) is 327 Å². The Morgan fingerprint density at radius 2 is 0.821 bits per heavy atom. The number of ether oxygens (including phenoxy) is 10. The SMILES string of the molecule is CCCCCCCCCCCCCCCC(=O)OCC1OC(OC2C(NC(=O)OC(C)(C)C)CC(NC(=O)OC(C)(C)C)C(OC3OC(CNC(=O)OC(C)(C)C)C(O)CC3NC(=O)OC(C)(C)C)C2O)C(O)C(NC(=O)OC(C)(C)C)C1O. The molecule has 2 heterocycles. The molecule has 84 heavy (non-hydrogen) atoms. The van der Waals surface area contributed by atoms with E-state index in [4.69, 9.17) is 47.4 Å². The van der Waals surface area contributed by atoms with Crippen LogP contribution in [0.3, 0.4) is 0 Å². The number of hydrogen-bond acceptors (Lipinski definition) is 20. The van der Waals surface area contributed by atoms with E-state index in [1.807, 2.05) is 0 Å². The van der Waals surface area contributed by atoms with Crippen LogP contribution in [0.1, 0.15) is 214 Å². The topological polar surface area (TPSA) is 336 Å². The Morgan fingerprint density at radius 1 is 0.440 bits per heavy atom. The molecule has 2 saturated heterocycles. The lowest BCUT2D eigenvalue weighted by molar-refractivity contribution is -0.318. The summed E-state index contributed by atoms with van der Waals surface area (Å²) in [6.45, 7) is 25.8. The number of nitrogens with one attached hydrogen (secondary N) is 5. The minimum Gasteiger partial charge on any atom is -0.463 e. The van der Waals surface area contributed by atoms with E-state index >= 15 is 0 Å². The normalized spacial score (nSPS) is 27.8. The molecule has 3 fully saturated rings. The number of rotatable bonds is 26. The summed E-state index contributed by atoms with van der Waals surface area (Å²) < 4.78 is 58.8. The van der Waals surface area contributed by atoms with Gasteiger partial charge in [-0.3, -0.25) is 4.79 Å². The zero-order valence-corrected chi connectivity index (χ0v) is 53.1. The van der Waals surface area contributed by atoms with Gasteiger partial charge in [-0.15, -0.1) is 0 Å². The number of alkyl carbamates (subject to hydrolysis) is 5. The summed E-state index contributed by atoms with van der Waals surface area (Å²) >= 11 is 0. The highest BCUT2D eigenvalue weighted by Gasteiger charge is 2.54. The van der Waals surface area contributed by atoms with Gasteiger partial charge in [-0.25, -0.2) is 24.0 Å². The largest absolute Gasteiger partial charge is 0.463 e. The van der Waals surface area contributed by atoms with Crippen LogP contribution in [0.5, 0.6) is 0 Å². The highest BCUT2D eigenvalue weighted by atomic mass is 16.7. The molecule has 1 aliphatic carbocycles. The predicted molar refractivity (Wildman–Crippen MR) is 308 cm³/mol. The van der Waals surface area contributed by atoms with Crippen molar-refractivity contribution in [2.24, 2.45) is 0 Å². The minimum absolute atomic E-state index is 0.0771. The number of aliphatic hydroxyl groups excluding tert-OH is 4. The fourth-order valence-electron chi connectivity index (χ4n) is 9.68. The summed E-state index contributed by atoms with van der Waals surface area (Å²) in [5, 5.41) is 61.1. The standard InChI is InChI=1S/C59H107N5O20/c1-17-18-19-20-21-22-23-24-25-26-27-28-29-30-41(66)75-34-40-43(67)42(64-54(74)84-59(14,15)16)44(68)49(77-40)79-47-36(62-52(72)82-57(8,9)10)31-35(61-51(71)81-56(5,6)7)46(45(47)69)78-48-37(63-53(73)83-58(11,12)13)32-38(65)39(76-48)33-60-50(70)80-55(2,3)4/h35-40,42-49,65,67-69H,17-34H2,1-16H3,(H,60,70)(H,61,71)(H,62,72)(H,63,73)(H,64,74). The van der Waals surface area contributed by atoms with E-state index in [1.165, 1.54) is 51.4 Å². The van der Waals surface area contributed by atoms with Crippen LogP contribution in [0, 0.1) is 0 Å². The van der Waals surface area contributed by atoms with Crippen LogP contribution >= 0.6 is 0 Å². The Balaban J connectivity index is 2.03. The van der Waals surface area contributed by atoms with Crippen molar-refractivity contribution in [1.82, 2.24) is 26.6 Å². The van der Waals surface area contributed by atoms with Gasteiger partial charge in [-0.2, -0.15) is 0 Å². The van der Waals surface area contributed by atoms with Gasteiger partial charge in [0, 0.05) is 19.4 Å². The van der Waals surface area contributed by atoms with Crippen molar-refractivity contribution >= 4 is 36.4 Å². The number of esters is 1. The van der Waals surface area contributed by atoms with Gasteiger partial charge >= 0.3 is 36.4 Å².